The highest BCUT2D eigenvalue weighted by Gasteiger charge is 2.06. The maximum absolute atomic E-state index is 5.82. The zero-order valence-corrected chi connectivity index (χ0v) is 8.30. The van der Waals surface area contributed by atoms with Crippen LogP contribution in [0.25, 0.3) is 0 Å². The molecule has 1 rings (SSSR count). The first kappa shape index (κ1) is 9.86. The van der Waals surface area contributed by atoms with Gasteiger partial charge in [-0.05, 0) is 25.1 Å². The van der Waals surface area contributed by atoms with Gasteiger partial charge in [-0.1, -0.05) is 11.6 Å². The summed E-state index contributed by atoms with van der Waals surface area (Å²) in [5.41, 5.74) is 1.51. The molecule has 70 valence electrons. The number of halogens is 1. The molecule has 2 N–H and O–H groups in total. The Bertz CT molecular complexity index is 336. The molecule has 0 atom stereocenters. The van der Waals surface area contributed by atoms with Gasteiger partial charge in [0.1, 0.15) is 5.75 Å². The van der Waals surface area contributed by atoms with Gasteiger partial charge in [0.25, 0.3) is 0 Å². The Morgan fingerprint density at radius 2 is 2.23 bits per heavy atom. The number of hydrogen-bond acceptors (Lipinski definition) is 3. The van der Waals surface area contributed by atoms with Crippen molar-refractivity contribution in [2.24, 2.45) is 10.9 Å². The van der Waals surface area contributed by atoms with E-state index in [1.807, 2.05) is 0 Å². The fourth-order valence-electron chi connectivity index (χ4n) is 1.03. The maximum Gasteiger partial charge on any atom is 0.128 e. The van der Waals surface area contributed by atoms with Crippen molar-refractivity contribution in [1.29, 1.82) is 0 Å². The molecule has 0 aromatic heterocycles. The molecule has 1 aromatic rings. The molecule has 0 amide bonds. The molecular weight excluding hydrogens is 188 g/mol. The predicted molar refractivity (Wildman–Crippen MR) is 54.4 cm³/mol. The summed E-state index contributed by atoms with van der Waals surface area (Å²) in [6, 6.07) is 5.31. The number of rotatable bonds is 2. The van der Waals surface area contributed by atoms with E-state index < -0.39 is 0 Å². The Labute approximate surface area is 82.1 Å². The molecule has 0 radical (unpaired) electrons. The smallest absolute Gasteiger partial charge is 0.128 e. The van der Waals surface area contributed by atoms with E-state index in [-0.39, 0.29) is 0 Å². The third-order valence-corrected chi connectivity index (χ3v) is 1.98. The minimum Gasteiger partial charge on any atom is -0.496 e. The number of benzene rings is 1. The molecule has 0 heterocycles. The van der Waals surface area contributed by atoms with Gasteiger partial charge >= 0.3 is 0 Å². The van der Waals surface area contributed by atoms with Crippen molar-refractivity contribution < 1.29 is 4.74 Å². The minimum absolute atomic E-state index is 0.638. The fourth-order valence-corrected chi connectivity index (χ4v) is 1.20. The molecule has 4 heteroatoms. The van der Waals surface area contributed by atoms with Crippen molar-refractivity contribution in [1.82, 2.24) is 0 Å². The molecule has 0 aliphatic rings. The lowest BCUT2D eigenvalue weighted by Crippen LogP contribution is -2.01. The van der Waals surface area contributed by atoms with Crippen LogP contribution in [-0.2, 0) is 0 Å². The number of ether oxygens (including phenoxy) is 1. The van der Waals surface area contributed by atoms with E-state index in [0.29, 0.717) is 10.7 Å². The Morgan fingerprint density at radius 1 is 1.54 bits per heavy atom. The SMILES string of the molecule is COc1ccc(Cl)cc1/C(C)=N/N. The summed E-state index contributed by atoms with van der Waals surface area (Å²) in [5, 5.41) is 4.22. The summed E-state index contributed by atoms with van der Waals surface area (Å²) in [6.45, 7) is 1.80. The molecule has 3 nitrogen and oxygen atoms in total. The summed E-state index contributed by atoms with van der Waals surface area (Å²) in [7, 11) is 1.59. The van der Waals surface area contributed by atoms with E-state index in [1.54, 1.807) is 32.2 Å². The van der Waals surface area contributed by atoms with Crippen LogP contribution in [0, 0.1) is 0 Å². The van der Waals surface area contributed by atoms with Gasteiger partial charge in [-0.15, -0.1) is 0 Å². The molecular formula is C9H11ClN2O. The van der Waals surface area contributed by atoms with E-state index in [1.165, 1.54) is 0 Å². The molecule has 0 saturated heterocycles. The first-order valence-corrected chi connectivity index (χ1v) is 4.15. The van der Waals surface area contributed by atoms with Crippen molar-refractivity contribution in [3.8, 4) is 5.75 Å². The number of hydrogen-bond donors (Lipinski definition) is 1. The molecule has 0 spiro atoms. The Hall–Kier alpha value is -1.22. The highest BCUT2D eigenvalue weighted by Crippen LogP contribution is 2.22. The molecule has 0 aliphatic carbocycles. The van der Waals surface area contributed by atoms with Gasteiger partial charge in [-0.25, -0.2) is 0 Å². The number of nitrogens with zero attached hydrogens (tertiary/aromatic N) is 1. The van der Waals surface area contributed by atoms with E-state index in [2.05, 4.69) is 5.10 Å². The highest BCUT2D eigenvalue weighted by molar-refractivity contribution is 6.31. The van der Waals surface area contributed by atoms with E-state index in [0.717, 1.165) is 11.3 Å². The number of methoxy groups -OCH3 is 1. The zero-order valence-electron chi connectivity index (χ0n) is 7.54. The molecule has 0 fully saturated rings. The Kier molecular flexibility index (Phi) is 3.14. The molecule has 0 unspecified atom stereocenters. The quantitative estimate of drug-likeness (QED) is 0.449. The lowest BCUT2D eigenvalue weighted by atomic mass is 10.1. The van der Waals surface area contributed by atoms with Crippen LogP contribution in [0.4, 0.5) is 0 Å². The van der Waals surface area contributed by atoms with Crippen LogP contribution in [0.5, 0.6) is 5.75 Å². The maximum atomic E-state index is 5.82. The summed E-state index contributed by atoms with van der Waals surface area (Å²) in [4.78, 5) is 0. The number of nitrogens with two attached hydrogens (primary N) is 1. The van der Waals surface area contributed by atoms with Crippen LogP contribution in [0.1, 0.15) is 12.5 Å². The monoisotopic (exact) mass is 198 g/mol. The van der Waals surface area contributed by atoms with Crippen LogP contribution in [0.3, 0.4) is 0 Å². The fraction of sp³-hybridized carbons (Fsp3) is 0.222. The van der Waals surface area contributed by atoms with Crippen LogP contribution in [-0.4, -0.2) is 12.8 Å². The Balaban J connectivity index is 3.23. The van der Waals surface area contributed by atoms with E-state index in [4.69, 9.17) is 22.2 Å². The third-order valence-electron chi connectivity index (χ3n) is 1.74. The van der Waals surface area contributed by atoms with Gasteiger partial charge in [0.15, 0.2) is 0 Å². The van der Waals surface area contributed by atoms with Gasteiger partial charge in [-0.2, -0.15) is 5.10 Å². The lowest BCUT2D eigenvalue weighted by Gasteiger charge is -2.07. The topological polar surface area (TPSA) is 47.6 Å². The first-order valence-electron chi connectivity index (χ1n) is 3.77. The van der Waals surface area contributed by atoms with Crippen LogP contribution in [0.15, 0.2) is 23.3 Å². The van der Waals surface area contributed by atoms with Crippen molar-refractivity contribution in [2.75, 3.05) is 7.11 Å². The Morgan fingerprint density at radius 3 is 2.77 bits per heavy atom. The molecule has 1 aromatic carbocycles. The van der Waals surface area contributed by atoms with Gasteiger partial charge in [-0.3, -0.25) is 0 Å². The molecule has 0 saturated carbocycles. The largest absolute Gasteiger partial charge is 0.496 e. The first-order chi connectivity index (χ1) is 6.19. The standard InChI is InChI=1S/C9H11ClN2O/c1-6(12-11)8-5-7(10)3-4-9(8)13-2/h3-5H,11H2,1-2H3/b12-6+. The van der Waals surface area contributed by atoms with Crippen LogP contribution >= 0.6 is 11.6 Å². The normalized spacial score (nSPS) is 11.5. The van der Waals surface area contributed by atoms with E-state index >= 15 is 0 Å². The van der Waals surface area contributed by atoms with Crippen LogP contribution in [0.2, 0.25) is 5.02 Å². The lowest BCUT2D eigenvalue weighted by molar-refractivity contribution is 0.414. The van der Waals surface area contributed by atoms with Crippen LogP contribution < -0.4 is 10.6 Å². The number of hydrazone groups is 1. The highest BCUT2D eigenvalue weighted by atomic mass is 35.5. The van der Waals surface area contributed by atoms with Crippen molar-refractivity contribution in [2.45, 2.75) is 6.92 Å². The zero-order chi connectivity index (χ0) is 9.84. The summed E-state index contributed by atoms with van der Waals surface area (Å²) >= 11 is 5.82. The van der Waals surface area contributed by atoms with Crippen molar-refractivity contribution in [3.05, 3.63) is 28.8 Å². The molecule has 13 heavy (non-hydrogen) atoms. The van der Waals surface area contributed by atoms with Gasteiger partial charge < -0.3 is 10.6 Å². The third kappa shape index (κ3) is 2.12. The average Bonchev–Trinajstić information content (AvgIpc) is 2.16. The second kappa shape index (κ2) is 4.14. The van der Waals surface area contributed by atoms with Crippen molar-refractivity contribution >= 4 is 17.3 Å². The van der Waals surface area contributed by atoms with Crippen molar-refractivity contribution in [3.63, 3.8) is 0 Å². The average molecular weight is 199 g/mol. The van der Waals surface area contributed by atoms with Gasteiger partial charge in [0.05, 0.1) is 12.8 Å². The summed E-state index contributed by atoms with van der Waals surface area (Å²) in [5.74, 6) is 5.89. The summed E-state index contributed by atoms with van der Waals surface area (Å²) in [6.07, 6.45) is 0. The molecule has 0 bridgehead atoms. The predicted octanol–water partition coefficient (Wildman–Crippen LogP) is 2.03. The van der Waals surface area contributed by atoms with E-state index in [9.17, 15) is 0 Å². The minimum atomic E-state index is 0.638. The van der Waals surface area contributed by atoms with Gasteiger partial charge in [0, 0.05) is 10.6 Å². The van der Waals surface area contributed by atoms with Gasteiger partial charge in [0.2, 0.25) is 0 Å². The molecule has 0 aliphatic heterocycles. The second-order valence-corrected chi connectivity index (χ2v) is 3.00. The summed E-state index contributed by atoms with van der Waals surface area (Å²) < 4.78 is 5.13. The second-order valence-electron chi connectivity index (χ2n) is 2.56.